The zero-order valence-corrected chi connectivity index (χ0v) is 10.7. The molecule has 0 nitrogen and oxygen atoms in total. The third-order valence-electron chi connectivity index (χ3n) is 3.65. The van der Waals surface area contributed by atoms with Crippen LogP contribution in [0.1, 0.15) is 53.9 Å². The molecule has 0 amide bonds. The Kier molecular flexibility index (Phi) is 6.96. The second-order valence-corrected chi connectivity index (χ2v) is 5.06. The Bertz CT molecular complexity index is 148. The normalized spacial score (nSPS) is 19.8. The molecule has 0 aliphatic heterocycles. The Balaban J connectivity index is 3.93. The Labute approximate surface area is 90.8 Å². The molecule has 0 aliphatic rings. The van der Waals surface area contributed by atoms with Crippen LogP contribution in [0.15, 0.2) is 12.7 Å². The SMILES string of the molecule is C=CC(C)C(C)C(C)CC(C)CCC. The van der Waals surface area contributed by atoms with E-state index in [1.807, 2.05) is 0 Å². The van der Waals surface area contributed by atoms with Crippen molar-refractivity contribution < 1.29 is 0 Å². The fraction of sp³-hybridized carbons (Fsp3) is 0.857. The maximum atomic E-state index is 3.88. The lowest BCUT2D eigenvalue weighted by molar-refractivity contribution is 0.263. The average Bonchev–Trinajstić information content (AvgIpc) is 2.15. The lowest BCUT2D eigenvalue weighted by Gasteiger charge is -2.26. The van der Waals surface area contributed by atoms with Gasteiger partial charge in [-0.1, -0.05) is 53.5 Å². The Morgan fingerprint density at radius 3 is 2.14 bits per heavy atom. The predicted octanol–water partition coefficient (Wildman–Crippen LogP) is 4.91. The lowest BCUT2D eigenvalue weighted by Crippen LogP contribution is -2.17. The van der Waals surface area contributed by atoms with Gasteiger partial charge in [-0.05, 0) is 30.1 Å². The number of hydrogen-bond acceptors (Lipinski definition) is 0. The van der Waals surface area contributed by atoms with Gasteiger partial charge in [0.25, 0.3) is 0 Å². The first-order chi connectivity index (χ1) is 6.52. The summed E-state index contributed by atoms with van der Waals surface area (Å²) in [7, 11) is 0. The highest BCUT2D eigenvalue weighted by Gasteiger charge is 2.18. The van der Waals surface area contributed by atoms with Crippen LogP contribution in [0, 0.1) is 23.7 Å². The van der Waals surface area contributed by atoms with Crippen LogP contribution in [0.5, 0.6) is 0 Å². The standard InChI is InChI=1S/C14H28/c1-7-9-11(3)10-13(5)14(6)12(4)8-2/h8,11-14H,2,7,9-10H2,1,3-6H3. The van der Waals surface area contributed by atoms with Crippen molar-refractivity contribution in [2.75, 3.05) is 0 Å². The van der Waals surface area contributed by atoms with E-state index in [1.54, 1.807) is 0 Å². The lowest BCUT2D eigenvalue weighted by atomic mass is 9.80. The van der Waals surface area contributed by atoms with E-state index in [4.69, 9.17) is 0 Å². The van der Waals surface area contributed by atoms with Crippen molar-refractivity contribution in [3.05, 3.63) is 12.7 Å². The van der Waals surface area contributed by atoms with Crippen molar-refractivity contribution in [3.63, 3.8) is 0 Å². The molecule has 0 radical (unpaired) electrons. The minimum atomic E-state index is 0.652. The van der Waals surface area contributed by atoms with Crippen LogP contribution in [0.2, 0.25) is 0 Å². The fourth-order valence-electron chi connectivity index (χ4n) is 2.19. The second-order valence-electron chi connectivity index (χ2n) is 5.06. The number of hydrogen-bond donors (Lipinski definition) is 0. The molecule has 0 aromatic rings. The van der Waals surface area contributed by atoms with E-state index < -0.39 is 0 Å². The molecule has 0 heteroatoms. The summed E-state index contributed by atoms with van der Waals surface area (Å²) in [6, 6.07) is 0. The smallest absolute Gasteiger partial charge is 0.0236 e. The summed E-state index contributed by atoms with van der Waals surface area (Å²) >= 11 is 0. The highest BCUT2D eigenvalue weighted by atomic mass is 14.2. The van der Waals surface area contributed by atoms with Crippen LogP contribution in [-0.4, -0.2) is 0 Å². The molecular weight excluding hydrogens is 168 g/mol. The zero-order chi connectivity index (χ0) is 11.1. The summed E-state index contributed by atoms with van der Waals surface area (Å²) in [4.78, 5) is 0. The maximum absolute atomic E-state index is 3.88. The summed E-state index contributed by atoms with van der Waals surface area (Å²) in [5.74, 6) is 3.13. The molecule has 0 saturated carbocycles. The first-order valence-electron chi connectivity index (χ1n) is 6.15. The van der Waals surface area contributed by atoms with Gasteiger partial charge in [0, 0.05) is 0 Å². The van der Waals surface area contributed by atoms with Gasteiger partial charge in [-0.25, -0.2) is 0 Å². The predicted molar refractivity (Wildman–Crippen MR) is 66.4 cm³/mol. The van der Waals surface area contributed by atoms with Gasteiger partial charge >= 0.3 is 0 Å². The molecule has 0 heterocycles. The summed E-state index contributed by atoms with van der Waals surface area (Å²) in [6.07, 6.45) is 6.15. The van der Waals surface area contributed by atoms with E-state index in [9.17, 15) is 0 Å². The maximum Gasteiger partial charge on any atom is -0.0236 e. The van der Waals surface area contributed by atoms with E-state index in [-0.39, 0.29) is 0 Å². The van der Waals surface area contributed by atoms with Gasteiger partial charge in [0.15, 0.2) is 0 Å². The Hall–Kier alpha value is -0.260. The van der Waals surface area contributed by atoms with Crippen LogP contribution in [0.4, 0.5) is 0 Å². The van der Waals surface area contributed by atoms with Gasteiger partial charge in [-0.3, -0.25) is 0 Å². The molecule has 0 spiro atoms. The van der Waals surface area contributed by atoms with Crippen LogP contribution >= 0.6 is 0 Å². The van der Waals surface area contributed by atoms with E-state index in [1.165, 1.54) is 19.3 Å². The molecule has 0 N–H and O–H groups in total. The first-order valence-corrected chi connectivity index (χ1v) is 6.15. The van der Waals surface area contributed by atoms with Crippen molar-refractivity contribution in [1.82, 2.24) is 0 Å². The van der Waals surface area contributed by atoms with Gasteiger partial charge in [-0.15, -0.1) is 6.58 Å². The highest BCUT2D eigenvalue weighted by molar-refractivity contribution is 4.82. The van der Waals surface area contributed by atoms with Crippen LogP contribution in [0.25, 0.3) is 0 Å². The molecule has 0 aromatic heterocycles. The molecule has 0 fully saturated rings. The van der Waals surface area contributed by atoms with Crippen molar-refractivity contribution in [3.8, 4) is 0 Å². The van der Waals surface area contributed by atoms with E-state index in [0.29, 0.717) is 5.92 Å². The molecular formula is C14H28. The summed E-state index contributed by atoms with van der Waals surface area (Å²) in [5.41, 5.74) is 0. The van der Waals surface area contributed by atoms with Gasteiger partial charge in [0.1, 0.15) is 0 Å². The summed E-state index contributed by atoms with van der Waals surface area (Å²) in [6.45, 7) is 15.6. The van der Waals surface area contributed by atoms with Crippen molar-refractivity contribution in [2.24, 2.45) is 23.7 Å². The molecule has 0 rings (SSSR count). The highest BCUT2D eigenvalue weighted by Crippen LogP contribution is 2.28. The summed E-state index contributed by atoms with van der Waals surface area (Å²) in [5, 5.41) is 0. The first kappa shape index (κ1) is 13.7. The Morgan fingerprint density at radius 1 is 1.14 bits per heavy atom. The van der Waals surface area contributed by atoms with Crippen molar-refractivity contribution in [2.45, 2.75) is 53.9 Å². The minimum absolute atomic E-state index is 0.652. The van der Waals surface area contributed by atoms with Crippen molar-refractivity contribution >= 4 is 0 Å². The number of rotatable bonds is 7. The van der Waals surface area contributed by atoms with Gasteiger partial charge < -0.3 is 0 Å². The van der Waals surface area contributed by atoms with E-state index in [2.05, 4.69) is 47.3 Å². The van der Waals surface area contributed by atoms with E-state index in [0.717, 1.165) is 17.8 Å². The molecule has 0 aromatic carbocycles. The van der Waals surface area contributed by atoms with Crippen LogP contribution in [0.3, 0.4) is 0 Å². The Morgan fingerprint density at radius 2 is 1.71 bits per heavy atom. The number of allylic oxidation sites excluding steroid dienone is 1. The quantitative estimate of drug-likeness (QED) is 0.508. The van der Waals surface area contributed by atoms with Gasteiger partial charge in [0.05, 0.1) is 0 Å². The van der Waals surface area contributed by atoms with Crippen LogP contribution < -0.4 is 0 Å². The fourth-order valence-corrected chi connectivity index (χ4v) is 2.19. The monoisotopic (exact) mass is 196 g/mol. The third kappa shape index (κ3) is 4.83. The van der Waals surface area contributed by atoms with Crippen molar-refractivity contribution in [1.29, 1.82) is 0 Å². The molecule has 4 atom stereocenters. The topological polar surface area (TPSA) is 0 Å². The molecule has 84 valence electrons. The van der Waals surface area contributed by atoms with Crippen LogP contribution in [-0.2, 0) is 0 Å². The average molecular weight is 196 g/mol. The molecule has 0 saturated heterocycles. The van der Waals surface area contributed by atoms with E-state index >= 15 is 0 Å². The molecule has 0 bridgehead atoms. The van der Waals surface area contributed by atoms with Gasteiger partial charge in [-0.2, -0.15) is 0 Å². The summed E-state index contributed by atoms with van der Waals surface area (Å²) < 4.78 is 0. The second kappa shape index (κ2) is 7.09. The molecule has 0 aliphatic carbocycles. The zero-order valence-electron chi connectivity index (χ0n) is 10.7. The minimum Gasteiger partial charge on any atom is -0.103 e. The third-order valence-corrected chi connectivity index (χ3v) is 3.65. The molecule has 4 unspecified atom stereocenters. The van der Waals surface area contributed by atoms with Gasteiger partial charge in [0.2, 0.25) is 0 Å². The molecule has 14 heavy (non-hydrogen) atoms. The largest absolute Gasteiger partial charge is 0.103 e.